The highest BCUT2D eigenvalue weighted by Crippen LogP contribution is 2.44. The van der Waals surface area contributed by atoms with Crippen molar-refractivity contribution in [1.29, 1.82) is 0 Å². The molecule has 0 aliphatic carbocycles. The molecule has 0 unspecified atom stereocenters. The number of anilines is 3. The smallest absolute Gasteiger partial charge is 0.416 e. The summed E-state index contributed by atoms with van der Waals surface area (Å²) in [5, 5.41) is 1.77. The van der Waals surface area contributed by atoms with Crippen LogP contribution in [0.3, 0.4) is 0 Å². The third-order valence-electron chi connectivity index (χ3n) is 7.35. The first-order valence-corrected chi connectivity index (χ1v) is 13.3. The van der Waals surface area contributed by atoms with Crippen molar-refractivity contribution in [2.24, 2.45) is 0 Å². The van der Waals surface area contributed by atoms with Crippen LogP contribution in [-0.2, 0) is 25.2 Å². The van der Waals surface area contributed by atoms with Crippen LogP contribution < -0.4 is 4.90 Å². The predicted molar refractivity (Wildman–Crippen MR) is 156 cm³/mol. The summed E-state index contributed by atoms with van der Waals surface area (Å²) in [6.45, 7) is 0. The number of para-hydroxylation sites is 2. The second-order valence-electron chi connectivity index (χ2n) is 10.0. The summed E-state index contributed by atoms with van der Waals surface area (Å²) in [4.78, 5) is 28.0. The minimum Gasteiger partial charge on any atom is -0.421 e. The van der Waals surface area contributed by atoms with Gasteiger partial charge in [0.2, 0.25) is 0 Å². The Morgan fingerprint density at radius 1 is 0.512 bits per heavy atom. The zero-order chi connectivity index (χ0) is 29.7. The average Bonchev–Trinajstić information content (AvgIpc) is 3.55. The number of nitrogens with zero attached hydrogens (tertiary/aromatic N) is 1. The van der Waals surface area contributed by atoms with E-state index < -0.39 is 23.7 Å². The van der Waals surface area contributed by atoms with Gasteiger partial charge in [-0.2, -0.15) is 13.2 Å². The Kier molecular flexibility index (Phi) is 6.13. The van der Waals surface area contributed by atoms with Gasteiger partial charge < -0.3 is 14.4 Å². The van der Waals surface area contributed by atoms with Crippen LogP contribution in [0.25, 0.3) is 22.3 Å². The Morgan fingerprint density at radius 2 is 1.00 bits per heavy atom. The van der Waals surface area contributed by atoms with Crippen molar-refractivity contribution in [3.8, 4) is 0 Å². The Labute approximate surface area is 243 Å². The fourth-order valence-electron chi connectivity index (χ4n) is 5.34. The molecule has 0 saturated carbocycles. The van der Waals surface area contributed by atoms with Gasteiger partial charge in [-0.05, 0) is 65.4 Å². The number of hydrogen-bond donors (Lipinski definition) is 0. The SMILES string of the molecule is O=C1OC(c2ccc3cc(N(c4ccccc4)c4ccccc4)ccc3c2)=C2C(=O)OC(c3ccc(C(F)(F)F)cc3)=C12. The number of carbonyl (C=O) groups excluding carboxylic acids is 2. The van der Waals surface area contributed by atoms with E-state index in [2.05, 4.69) is 11.0 Å². The van der Waals surface area contributed by atoms with Crippen molar-refractivity contribution in [3.05, 3.63) is 149 Å². The Hall–Kier alpha value is -5.63. The molecule has 5 aromatic carbocycles. The monoisotopic (exact) mass is 575 g/mol. The average molecular weight is 576 g/mol. The number of cyclic esters (lactones) is 2. The lowest BCUT2D eigenvalue weighted by molar-refractivity contribution is -0.137. The van der Waals surface area contributed by atoms with Gasteiger partial charge in [0, 0.05) is 28.2 Å². The molecule has 0 amide bonds. The number of esters is 2. The van der Waals surface area contributed by atoms with Crippen LogP contribution in [0.1, 0.15) is 16.7 Å². The van der Waals surface area contributed by atoms with Gasteiger partial charge in [-0.25, -0.2) is 9.59 Å². The van der Waals surface area contributed by atoms with E-state index in [-0.39, 0.29) is 28.2 Å². The maximum absolute atomic E-state index is 13.0. The van der Waals surface area contributed by atoms with E-state index in [4.69, 9.17) is 9.47 Å². The first-order valence-electron chi connectivity index (χ1n) is 13.3. The molecule has 0 saturated heterocycles. The molecule has 0 bridgehead atoms. The van der Waals surface area contributed by atoms with Crippen LogP contribution in [0, 0.1) is 0 Å². The van der Waals surface area contributed by atoms with Gasteiger partial charge in [-0.15, -0.1) is 0 Å². The summed E-state index contributed by atoms with van der Waals surface area (Å²) in [5.41, 5.74) is 2.59. The second-order valence-corrected chi connectivity index (χ2v) is 10.0. The quantitative estimate of drug-likeness (QED) is 0.197. The third kappa shape index (κ3) is 4.63. The van der Waals surface area contributed by atoms with Gasteiger partial charge in [0.05, 0.1) is 5.56 Å². The minimum absolute atomic E-state index is 0.0461. The van der Waals surface area contributed by atoms with Crippen molar-refractivity contribution >= 4 is 51.3 Å². The van der Waals surface area contributed by atoms with Gasteiger partial charge in [-0.3, -0.25) is 0 Å². The van der Waals surface area contributed by atoms with Gasteiger partial charge in [0.25, 0.3) is 0 Å². The maximum Gasteiger partial charge on any atom is 0.416 e. The van der Waals surface area contributed by atoms with Crippen LogP contribution >= 0.6 is 0 Å². The molecular weight excluding hydrogens is 555 g/mol. The highest BCUT2D eigenvalue weighted by atomic mass is 19.4. The molecule has 8 heteroatoms. The van der Waals surface area contributed by atoms with Crippen molar-refractivity contribution in [1.82, 2.24) is 0 Å². The van der Waals surface area contributed by atoms with Gasteiger partial charge in [0.15, 0.2) is 11.5 Å². The molecule has 5 nitrogen and oxygen atoms in total. The summed E-state index contributed by atoms with van der Waals surface area (Å²) in [6, 6.07) is 35.5. The molecule has 2 heterocycles. The fraction of sp³-hybridized carbons (Fsp3) is 0.0286. The number of fused-ring (bicyclic) bond motifs is 2. The number of halogens is 3. The molecule has 2 aliphatic rings. The molecule has 43 heavy (non-hydrogen) atoms. The first kappa shape index (κ1) is 26.3. The normalized spacial score (nSPS) is 14.7. The fourth-order valence-corrected chi connectivity index (χ4v) is 5.34. The lowest BCUT2D eigenvalue weighted by Gasteiger charge is -2.25. The van der Waals surface area contributed by atoms with E-state index in [1.165, 1.54) is 0 Å². The second kappa shape index (κ2) is 10.0. The van der Waals surface area contributed by atoms with Crippen molar-refractivity contribution in [3.63, 3.8) is 0 Å². The molecule has 0 radical (unpaired) electrons. The molecule has 0 aromatic heterocycles. The highest BCUT2D eigenvalue weighted by Gasteiger charge is 2.45. The zero-order valence-corrected chi connectivity index (χ0v) is 22.3. The highest BCUT2D eigenvalue weighted by molar-refractivity contribution is 6.24. The lowest BCUT2D eigenvalue weighted by atomic mass is 9.99. The largest absolute Gasteiger partial charge is 0.421 e. The Bertz CT molecular complexity index is 1940. The summed E-state index contributed by atoms with van der Waals surface area (Å²) >= 11 is 0. The molecule has 210 valence electrons. The summed E-state index contributed by atoms with van der Waals surface area (Å²) in [7, 11) is 0. The van der Waals surface area contributed by atoms with Gasteiger partial charge in [-0.1, -0.05) is 66.7 Å². The minimum atomic E-state index is -4.52. The van der Waals surface area contributed by atoms with Crippen LogP contribution in [0.15, 0.2) is 132 Å². The van der Waals surface area contributed by atoms with E-state index in [0.717, 1.165) is 52.1 Å². The number of alkyl halides is 3. The molecule has 2 aliphatic heterocycles. The van der Waals surface area contributed by atoms with Crippen LogP contribution in [0.4, 0.5) is 30.2 Å². The number of benzene rings is 5. The van der Waals surface area contributed by atoms with Gasteiger partial charge >= 0.3 is 18.1 Å². The molecule has 7 rings (SSSR count). The maximum atomic E-state index is 13.0. The molecule has 0 atom stereocenters. The molecule has 0 N–H and O–H groups in total. The van der Waals surface area contributed by atoms with Crippen molar-refractivity contribution in [2.45, 2.75) is 6.18 Å². The van der Waals surface area contributed by atoms with Crippen molar-refractivity contribution < 1.29 is 32.2 Å². The standard InChI is InChI=1S/C35H20F3NO4/c36-35(37,38)25-16-13-21(14-17-25)31-29-30(34(41)42-31)32(43-33(29)40)24-12-11-23-20-28(18-15-22(23)19-24)39(26-7-3-1-4-8-26)27-9-5-2-6-10-27/h1-20H. The van der Waals surface area contributed by atoms with Crippen LogP contribution in [0.2, 0.25) is 0 Å². The number of ether oxygens (including phenoxy) is 2. The van der Waals surface area contributed by atoms with Crippen molar-refractivity contribution in [2.75, 3.05) is 4.90 Å². The summed E-state index contributed by atoms with van der Waals surface area (Å²) in [6.07, 6.45) is -4.52. The Balaban J connectivity index is 1.27. The molecule has 0 spiro atoms. The van der Waals surface area contributed by atoms with Crippen LogP contribution in [0.5, 0.6) is 0 Å². The topological polar surface area (TPSA) is 55.8 Å². The van der Waals surface area contributed by atoms with E-state index in [1.54, 1.807) is 6.07 Å². The predicted octanol–water partition coefficient (Wildman–Crippen LogP) is 8.56. The number of carbonyl (C=O) groups is 2. The van der Waals surface area contributed by atoms with E-state index in [0.29, 0.717) is 5.56 Å². The number of rotatable bonds is 5. The molecular formula is C35H20F3NO4. The van der Waals surface area contributed by atoms with E-state index in [1.807, 2.05) is 84.9 Å². The van der Waals surface area contributed by atoms with Crippen LogP contribution in [-0.4, -0.2) is 11.9 Å². The van der Waals surface area contributed by atoms with E-state index >= 15 is 0 Å². The molecule has 5 aromatic rings. The summed E-state index contributed by atoms with van der Waals surface area (Å²) in [5.74, 6) is -1.68. The first-order chi connectivity index (χ1) is 20.8. The van der Waals surface area contributed by atoms with Gasteiger partial charge in [0.1, 0.15) is 11.1 Å². The lowest BCUT2D eigenvalue weighted by Crippen LogP contribution is -2.09. The third-order valence-corrected chi connectivity index (χ3v) is 7.35. The Morgan fingerprint density at radius 3 is 1.56 bits per heavy atom. The zero-order valence-electron chi connectivity index (χ0n) is 22.3. The molecule has 0 fully saturated rings. The summed E-state index contributed by atoms with van der Waals surface area (Å²) < 4.78 is 50.0. The number of hydrogen-bond acceptors (Lipinski definition) is 5. The van der Waals surface area contributed by atoms with E-state index in [9.17, 15) is 22.8 Å².